The van der Waals surface area contributed by atoms with Gasteiger partial charge in [-0.15, -0.1) is 0 Å². The van der Waals surface area contributed by atoms with Crippen LogP contribution >= 0.6 is 11.8 Å². The monoisotopic (exact) mass is 660 g/mol. The normalized spacial score (nSPS) is 11.8. The van der Waals surface area contributed by atoms with E-state index in [-0.39, 0.29) is 29.9 Å². The van der Waals surface area contributed by atoms with E-state index in [2.05, 4.69) is 10.6 Å². The van der Waals surface area contributed by atoms with Crippen LogP contribution in [0.2, 0.25) is 0 Å². The molecule has 0 spiro atoms. The summed E-state index contributed by atoms with van der Waals surface area (Å²) in [7, 11) is 3.19. The zero-order valence-electron chi connectivity index (χ0n) is 26.9. The van der Waals surface area contributed by atoms with Gasteiger partial charge < -0.3 is 29.6 Å². The maximum absolute atomic E-state index is 13.6. The van der Waals surface area contributed by atoms with E-state index in [1.54, 1.807) is 30.9 Å². The number of nitrogens with zero attached hydrogens (tertiary/aromatic N) is 2. The molecule has 0 radical (unpaired) electrons. The van der Waals surface area contributed by atoms with Crippen molar-refractivity contribution in [1.82, 2.24) is 20.2 Å². The molecule has 0 aliphatic carbocycles. The van der Waals surface area contributed by atoms with E-state index < -0.39 is 0 Å². The molecule has 0 fully saturated rings. The second kappa shape index (κ2) is 16.2. The van der Waals surface area contributed by atoms with Gasteiger partial charge in [0.25, 0.3) is 5.56 Å². The van der Waals surface area contributed by atoms with Crippen molar-refractivity contribution < 1.29 is 28.5 Å². The number of unbranched alkanes of at least 4 members (excludes halogenated alkanes) is 2. The number of aryl methyl sites for hydroxylation is 1. The predicted molar refractivity (Wildman–Crippen MR) is 181 cm³/mol. The maximum atomic E-state index is 13.6. The number of amides is 2. The number of nitrogens with one attached hydrogen (secondary N) is 2. The summed E-state index contributed by atoms with van der Waals surface area (Å²) >= 11 is 1.22. The van der Waals surface area contributed by atoms with Crippen molar-refractivity contribution in [3.63, 3.8) is 0 Å². The molecule has 47 heavy (non-hydrogen) atoms. The molecule has 0 unspecified atom stereocenters. The number of ether oxygens (including phenoxy) is 4. The third kappa shape index (κ3) is 8.97. The van der Waals surface area contributed by atoms with Crippen LogP contribution in [0.15, 0.2) is 64.5 Å². The largest absolute Gasteiger partial charge is 0.493 e. The SMILES string of the molecule is COc1ccc(CCNC(=O)CCCCCn2c(SCC(=O)NCc3ccc(C)cc3)nc3cc4c(cc3c2=O)OCO4)cc1OC. The fraction of sp³-hybridized carbons (Fsp3) is 0.371. The Morgan fingerprint density at radius 2 is 1.64 bits per heavy atom. The van der Waals surface area contributed by atoms with Crippen LogP contribution in [0.1, 0.15) is 42.4 Å². The number of benzene rings is 3. The fourth-order valence-corrected chi connectivity index (χ4v) is 6.04. The van der Waals surface area contributed by atoms with E-state index in [0.717, 1.165) is 23.1 Å². The Hall–Kier alpha value is -4.71. The quantitative estimate of drug-likeness (QED) is 0.0991. The molecular weight excluding hydrogens is 620 g/mol. The van der Waals surface area contributed by atoms with Crippen molar-refractivity contribution in [2.75, 3.05) is 33.3 Å². The summed E-state index contributed by atoms with van der Waals surface area (Å²) in [6, 6.07) is 17.1. The molecule has 12 heteroatoms. The van der Waals surface area contributed by atoms with E-state index in [1.165, 1.54) is 11.8 Å². The molecular formula is C35H40N4O7S. The third-order valence-corrected chi connectivity index (χ3v) is 8.80. The number of fused-ring (bicyclic) bond motifs is 2. The summed E-state index contributed by atoms with van der Waals surface area (Å²) in [5, 5.41) is 6.80. The second-order valence-electron chi connectivity index (χ2n) is 11.2. The summed E-state index contributed by atoms with van der Waals surface area (Å²) < 4.78 is 23.2. The van der Waals surface area contributed by atoms with Crippen LogP contribution in [0.3, 0.4) is 0 Å². The lowest BCUT2D eigenvalue weighted by atomic mass is 10.1. The van der Waals surface area contributed by atoms with Crippen LogP contribution < -0.4 is 35.1 Å². The molecule has 2 N–H and O–H groups in total. The molecule has 0 bridgehead atoms. The minimum Gasteiger partial charge on any atom is -0.493 e. The van der Waals surface area contributed by atoms with Crippen molar-refractivity contribution in [1.29, 1.82) is 0 Å². The number of carbonyl (C=O) groups is 2. The highest BCUT2D eigenvalue weighted by molar-refractivity contribution is 7.99. The molecule has 0 atom stereocenters. The molecule has 1 aliphatic rings. The van der Waals surface area contributed by atoms with Gasteiger partial charge in [-0.05, 0) is 55.5 Å². The van der Waals surface area contributed by atoms with Crippen LogP contribution in [0.4, 0.5) is 0 Å². The van der Waals surface area contributed by atoms with Gasteiger partial charge in [0.05, 0.1) is 30.9 Å². The Bertz CT molecular complexity index is 1780. The molecule has 1 aromatic heterocycles. The molecule has 0 saturated carbocycles. The Morgan fingerprint density at radius 3 is 2.40 bits per heavy atom. The topological polar surface area (TPSA) is 130 Å². The first-order valence-electron chi connectivity index (χ1n) is 15.6. The number of carbonyl (C=O) groups excluding carboxylic acids is 2. The van der Waals surface area contributed by atoms with Crippen LogP contribution in [0.25, 0.3) is 10.9 Å². The number of aromatic nitrogens is 2. The van der Waals surface area contributed by atoms with Gasteiger partial charge in [0.2, 0.25) is 18.6 Å². The highest BCUT2D eigenvalue weighted by Gasteiger charge is 2.20. The number of hydrogen-bond acceptors (Lipinski definition) is 9. The minimum atomic E-state index is -0.205. The molecule has 2 amide bonds. The smallest absolute Gasteiger partial charge is 0.262 e. The zero-order chi connectivity index (χ0) is 33.2. The van der Waals surface area contributed by atoms with Gasteiger partial charge in [-0.1, -0.05) is 54.1 Å². The van der Waals surface area contributed by atoms with Crippen LogP contribution in [-0.2, 0) is 29.1 Å². The Balaban J connectivity index is 1.14. The number of rotatable bonds is 16. The Kier molecular flexibility index (Phi) is 11.6. The van der Waals surface area contributed by atoms with E-state index in [4.69, 9.17) is 23.9 Å². The van der Waals surface area contributed by atoms with Gasteiger partial charge in [0, 0.05) is 32.1 Å². The van der Waals surface area contributed by atoms with Crippen molar-refractivity contribution >= 4 is 34.5 Å². The molecule has 248 valence electrons. The van der Waals surface area contributed by atoms with Crippen LogP contribution in [0.5, 0.6) is 23.0 Å². The van der Waals surface area contributed by atoms with E-state index in [9.17, 15) is 14.4 Å². The average molecular weight is 661 g/mol. The highest BCUT2D eigenvalue weighted by atomic mass is 32.2. The first-order valence-corrected chi connectivity index (χ1v) is 16.6. The summed E-state index contributed by atoms with van der Waals surface area (Å²) in [5.74, 6) is 2.31. The molecule has 11 nitrogen and oxygen atoms in total. The molecule has 3 aromatic carbocycles. The number of thioether (sulfide) groups is 1. The number of methoxy groups -OCH3 is 2. The van der Waals surface area contributed by atoms with Gasteiger partial charge in [0.1, 0.15) is 0 Å². The summed E-state index contributed by atoms with van der Waals surface area (Å²) in [5.41, 5.74) is 3.49. The lowest BCUT2D eigenvalue weighted by Gasteiger charge is -2.14. The van der Waals surface area contributed by atoms with Crippen LogP contribution in [-0.4, -0.2) is 54.7 Å². The van der Waals surface area contributed by atoms with E-state index in [1.807, 2.05) is 49.4 Å². The zero-order valence-corrected chi connectivity index (χ0v) is 27.7. The van der Waals surface area contributed by atoms with Crippen molar-refractivity contribution in [3.05, 3.63) is 81.6 Å². The van der Waals surface area contributed by atoms with Crippen molar-refractivity contribution in [2.45, 2.75) is 57.3 Å². The first-order chi connectivity index (χ1) is 22.8. The molecule has 1 aliphatic heterocycles. The predicted octanol–water partition coefficient (Wildman–Crippen LogP) is 4.78. The summed E-state index contributed by atoms with van der Waals surface area (Å²) in [6.07, 6.45) is 3.16. The van der Waals surface area contributed by atoms with Gasteiger partial charge >= 0.3 is 0 Å². The van der Waals surface area contributed by atoms with E-state index in [0.29, 0.717) is 84.4 Å². The van der Waals surface area contributed by atoms with Crippen LogP contribution in [0, 0.1) is 6.92 Å². The van der Waals surface area contributed by atoms with Gasteiger partial charge in [0.15, 0.2) is 28.2 Å². The lowest BCUT2D eigenvalue weighted by molar-refractivity contribution is -0.121. The number of hydrogen-bond donors (Lipinski definition) is 2. The maximum Gasteiger partial charge on any atom is 0.262 e. The highest BCUT2D eigenvalue weighted by Crippen LogP contribution is 2.35. The summed E-state index contributed by atoms with van der Waals surface area (Å²) in [4.78, 5) is 43.6. The standard InChI is InChI=1S/C35H40N4O7S/c1-23-8-10-25(11-9-23)20-37-33(41)21-47-35-38-27-19-31-30(45-22-46-31)18-26(27)34(42)39(35)16-6-4-5-7-32(40)36-15-14-24-12-13-28(43-2)29(17-24)44-3/h8-13,17-19H,4-7,14-16,20-22H2,1-3H3,(H,36,40)(H,37,41). The average Bonchev–Trinajstić information content (AvgIpc) is 3.54. The Labute approximate surface area is 278 Å². The second-order valence-corrected chi connectivity index (χ2v) is 12.2. The van der Waals surface area contributed by atoms with Crippen molar-refractivity contribution in [3.8, 4) is 23.0 Å². The molecule has 5 rings (SSSR count). The molecule has 0 saturated heterocycles. The first kappa shape index (κ1) is 33.6. The Morgan fingerprint density at radius 1 is 0.894 bits per heavy atom. The molecule has 2 heterocycles. The third-order valence-electron chi connectivity index (χ3n) is 7.83. The molecule has 4 aromatic rings. The van der Waals surface area contributed by atoms with Gasteiger partial charge in [-0.25, -0.2) is 4.98 Å². The lowest BCUT2D eigenvalue weighted by Crippen LogP contribution is -2.27. The van der Waals surface area contributed by atoms with Gasteiger partial charge in [-0.3, -0.25) is 19.0 Å². The fourth-order valence-electron chi connectivity index (χ4n) is 5.19. The van der Waals surface area contributed by atoms with E-state index >= 15 is 0 Å². The minimum absolute atomic E-state index is 0.0148. The van der Waals surface area contributed by atoms with Gasteiger partial charge in [-0.2, -0.15) is 0 Å². The van der Waals surface area contributed by atoms with Crippen molar-refractivity contribution in [2.24, 2.45) is 0 Å². The summed E-state index contributed by atoms with van der Waals surface area (Å²) in [6.45, 7) is 3.45.